The van der Waals surface area contributed by atoms with E-state index in [0.29, 0.717) is 5.92 Å². The van der Waals surface area contributed by atoms with Crippen LogP contribution in [0.4, 0.5) is 0 Å². The third-order valence-electron chi connectivity index (χ3n) is 4.94. The summed E-state index contributed by atoms with van der Waals surface area (Å²) in [6.07, 6.45) is 3.76. The van der Waals surface area contributed by atoms with Crippen molar-refractivity contribution in [2.75, 3.05) is 26.2 Å². The Kier molecular flexibility index (Phi) is 5.31. The molecular weight excluding hydrogens is 340 g/mol. The molecule has 0 bridgehead atoms. The Hall–Kier alpha value is -2.51. The first-order chi connectivity index (χ1) is 13.2. The van der Waals surface area contributed by atoms with Gasteiger partial charge < -0.3 is 4.52 Å². The molecule has 0 saturated carbocycles. The van der Waals surface area contributed by atoms with Crippen LogP contribution in [0.5, 0.6) is 0 Å². The number of rotatable bonds is 6. The fraction of sp³-hybridized carbons (Fsp3) is 0.450. The van der Waals surface area contributed by atoms with Gasteiger partial charge in [-0.05, 0) is 23.8 Å². The normalized spacial score (nSPS) is 16.3. The maximum Gasteiger partial charge on any atom is 0.240 e. The topological polar surface area (TPSA) is 63.2 Å². The summed E-state index contributed by atoms with van der Waals surface area (Å²) < 4.78 is 7.25. The first-order valence-corrected chi connectivity index (χ1v) is 9.53. The average Bonchev–Trinajstić information content (AvgIpc) is 3.36. The van der Waals surface area contributed by atoms with E-state index >= 15 is 0 Å². The predicted molar refractivity (Wildman–Crippen MR) is 103 cm³/mol. The number of hydrogen-bond acceptors (Lipinski definition) is 6. The summed E-state index contributed by atoms with van der Waals surface area (Å²) in [5.41, 5.74) is 2.42. The second-order valence-corrected chi connectivity index (χ2v) is 7.37. The highest BCUT2D eigenvalue weighted by atomic mass is 16.5. The van der Waals surface area contributed by atoms with Crippen molar-refractivity contribution in [2.24, 2.45) is 0 Å². The van der Waals surface area contributed by atoms with Crippen molar-refractivity contribution in [1.82, 2.24) is 29.7 Å². The maximum atomic E-state index is 5.37. The van der Waals surface area contributed by atoms with E-state index in [9.17, 15) is 0 Å². The Labute approximate surface area is 159 Å². The van der Waals surface area contributed by atoms with E-state index in [1.807, 2.05) is 16.9 Å². The Morgan fingerprint density at radius 3 is 2.30 bits per heavy atom. The number of nitrogens with zero attached hydrogens (tertiary/aromatic N) is 6. The van der Waals surface area contributed by atoms with Crippen LogP contribution in [0.3, 0.4) is 0 Å². The molecule has 142 valence electrons. The lowest BCUT2D eigenvalue weighted by molar-refractivity contribution is 0.112. The van der Waals surface area contributed by atoms with Gasteiger partial charge in [0.05, 0.1) is 12.2 Å². The fourth-order valence-corrected chi connectivity index (χ4v) is 3.30. The molecule has 0 aliphatic carbocycles. The van der Waals surface area contributed by atoms with E-state index in [4.69, 9.17) is 4.52 Å². The molecule has 1 fully saturated rings. The molecule has 27 heavy (non-hydrogen) atoms. The summed E-state index contributed by atoms with van der Waals surface area (Å²) in [5.74, 6) is 1.82. The first kappa shape index (κ1) is 17.9. The molecule has 0 unspecified atom stereocenters. The average molecular weight is 366 g/mol. The summed E-state index contributed by atoms with van der Waals surface area (Å²) in [7, 11) is 0. The van der Waals surface area contributed by atoms with Crippen LogP contribution in [0.15, 0.2) is 47.2 Å². The van der Waals surface area contributed by atoms with E-state index in [2.05, 4.69) is 63.2 Å². The molecule has 0 amide bonds. The molecule has 1 aliphatic rings. The SMILES string of the molecule is CC(C)c1noc(CN2CCN(Cc3ccc(-n4cccn4)cc3)CC2)n1. The molecule has 0 atom stereocenters. The number of piperazine rings is 1. The van der Waals surface area contributed by atoms with Gasteiger partial charge in [-0.25, -0.2) is 4.68 Å². The highest BCUT2D eigenvalue weighted by Crippen LogP contribution is 2.15. The van der Waals surface area contributed by atoms with Gasteiger partial charge in [-0.2, -0.15) is 10.1 Å². The van der Waals surface area contributed by atoms with E-state index in [1.165, 1.54) is 5.56 Å². The van der Waals surface area contributed by atoms with Crippen LogP contribution in [0.25, 0.3) is 5.69 Å². The van der Waals surface area contributed by atoms with Gasteiger partial charge in [0.2, 0.25) is 5.89 Å². The van der Waals surface area contributed by atoms with Gasteiger partial charge in [0.15, 0.2) is 5.82 Å². The molecule has 1 aliphatic heterocycles. The summed E-state index contributed by atoms with van der Waals surface area (Å²) in [5, 5.41) is 8.32. The van der Waals surface area contributed by atoms with Gasteiger partial charge in [-0.3, -0.25) is 9.80 Å². The van der Waals surface area contributed by atoms with Gasteiger partial charge in [0, 0.05) is 51.0 Å². The zero-order valence-corrected chi connectivity index (χ0v) is 16.0. The molecule has 3 aromatic rings. The zero-order valence-electron chi connectivity index (χ0n) is 16.0. The maximum absolute atomic E-state index is 5.37. The lowest BCUT2D eigenvalue weighted by Gasteiger charge is -2.33. The van der Waals surface area contributed by atoms with Crippen LogP contribution in [-0.4, -0.2) is 55.9 Å². The number of benzene rings is 1. The third-order valence-corrected chi connectivity index (χ3v) is 4.94. The lowest BCUT2D eigenvalue weighted by Crippen LogP contribution is -2.45. The van der Waals surface area contributed by atoms with Crippen molar-refractivity contribution in [3.8, 4) is 5.69 Å². The minimum Gasteiger partial charge on any atom is -0.338 e. The van der Waals surface area contributed by atoms with E-state index in [0.717, 1.165) is 56.7 Å². The standard InChI is InChI=1S/C20H26N6O/c1-16(2)20-22-19(27-23-20)15-25-12-10-24(11-13-25)14-17-4-6-18(7-5-17)26-9-3-8-21-26/h3-9,16H,10-15H2,1-2H3. The van der Waals surface area contributed by atoms with E-state index in [-0.39, 0.29) is 0 Å². The molecule has 3 heterocycles. The molecule has 7 nitrogen and oxygen atoms in total. The predicted octanol–water partition coefficient (Wildman–Crippen LogP) is 2.70. The van der Waals surface area contributed by atoms with E-state index in [1.54, 1.807) is 6.20 Å². The van der Waals surface area contributed by atoms with Crippen LogP contribution in [0.2, 0.25) is 0 Å². The smallest absolute Gasteiger partial charge is 0.240 e. The van der Waals surface area contributed by atoms with Crippen molar-refractivity contribution < 1.29 is 4.52 Å². The lowest BCUT2D eigenvalue weighted by atomic mass is 10.2. The summed E-state index contributed by atoms with van der Waals surface area (Å²) in [4.78, 5) is 9.36. The number of aromatic nitrogens is 4. The van der Waals surface area contributed by atoms with Crippen LogP contribution in [-0.2, 0) is 13.1 Å². The van der Waals surface area contributed by atoms with Crippen molar-refractivity contribution in [3.05, 3.63) is 60.0 Å². The Morgan fingerprint density at radius 1 is 1.00 bits per heavy atom. The van der Waals surface area contributed by atoms with Gasteiger partial charge in [0.1, 0.15) is 0 Å². The van der Waals surface area contributed by atoms with Gasteiger partial charge in [0.25, 0.3) is 0 Å². The molecule has 7 heteroatoms. The monoisotopic (exact) mass is 366 g/mol. The quantitative estimate of drug-likeness (QED) is 0.668. The van der Waals surface area contributed by atoms with Crippen LogP contribution < -0.4 is 0 Å². The van der Waals surface area contributed by atoms with Crippen molar-refractivity contribution in [2.45, 2.75) is 32.9 Å². The largest absolute Gasteiger partial charge is 0.338 e. The molecular formula is C20H26N6O. The molecule has 4 rings (SSSR count). The van der Waals surface area contributed by atoms with Crippen LogP contribution in [0, 0.1) is 0 Å². The van der Waals surface area contributed by atoms with Gasteiger partial charge >= 0.3 is 0 Å². The summed E-state index contributed by atoms with van der Waals surface area (Å²) >= 11 is 0. The Bertz CT molecular complexity index is 832. The van der Waals surface area contributed by atoms with Crippen LogP contribution >= 0.6 is 0 Å². The molecule has 2 aromatic heterocycles. The van der Waals surface area contributed by atoms with Gasteiger partial charge in [-0.15, -0.1) is 0 Å². The second kappa shape index (κ2) is 8.02. The van der Waals surface area contributed by atoms with Crippen molar-refractivity contribution in [3.63, 3.8) is 0 Å². The number of hydrogen-bond donors (Lipinski definition) is 0. The van der Waals surface area contributed by atoms with Crippen LogP contribution in [0.1, 0.15) is 37.0 Å². The Morgan fingerprint density at radius 2 is 1.70 bits per heavy atom. The van der Waals surface area contributed by atoms with Crippen molar-refractivity contribution >= 4 is 0 Å². The molecule has 0 N–H and O–H groups in total. The molecule has 0 radical (unpaired) electrons. The second-order valence-electron chi connectivity index (χ2n) is 7.37. The van der Waals surface area contributed by atoms with E-state index < -0.39 is 0 Å². The molecule has 1 aromatic carbocycles. The summed E-state index contributed by atoms with van der Waals surface area (Å²) in [6, 6.07) is 10.6. The molecule has 0 spiro atoms. The molecule has 1 saturated heterocycles. The first-order valence-electron chi connectivity index (χ1n) is 9.53. The zero-order chi connectivity index (χ0) is 18.6. The van der Waals surface area contributed by atoms with Crippen molar-refractivity contribution in [1.29, 1.82) is 0 Å². The van der Waals surface area contributed by atoms with Gasteiger partial charge in [-0.1, -0.05) is 31.1 Å². The summed E-state index contributed by atoms with van der Waals surface area (Å²) in [6.45, 7) is 10.0. The minimum absolute atomic E-state index is 0.305. The Balaban J connectivity index is 1.26. The highest BCUT2D eigenvalue weighted by Gasteiger charge is 2.19. The minimum atomic E-state index is 0.305. The highest BCUT2D eigenvalue weighted by molar-refractivity contribution is 5.33. The third kappa shape index (κ3) is 4.43. The fourth-order valence-electron chi connectivity index (χ4n) is 3.30.